The first-order valence-electron chi connectivity index (χ1n) is 16.2. The van der Waals surface area contributed by atoms with Gasteiger partial charge in [0.05, 0.1) is 52.9 Å². The Labute approximate surface area is 265 Å². The number of hydrogen-bond donors (Lipinski definition) is 3. The van der Waals surface area contributed by atoms with Gasteiger partial charge in [-0.3, -0.25) is 9.59 Å². The van der Waals surface area contributed by atoms with Crippen molar-refractivity contribution < 1.29 is 47.5 Å². The Bertz CT molecular complexity index is 692. The van der Waals surface area contributed by atoms with E-state index in [9.17, 15) is 14.4 Å². The molecule has 0 unspecified atom stereocenters. The van der Waals surface area contributed by atoms with Crippen LogP contribution in [-0.4, -0.2) is 122 Å². The van der Waals surface area contributed by atoms with E-state index in [0.29, 0.717) is 124 Å². The number of rotatable bonds is 31. The summed E-state index contributed by atoms with van der Waals surface area (Å²) in [7, 11) is 0. The first kappa shape index (κ1) is 42.0. The van der Waals surface area contributed by atoms with Crippen LogP contribution in [0, 0.1) is 0 Å². The molecule has 0 aromatic carbocycles. The fourth-order valence-corrected chi connectivity index (χ4v) is 3.40. The molecule has 0 saturated heterocycles. The maximum Gasteiger partial charge on any atom is 0.407 e. The molecule has 0 radical (unpaired) electrons. The maximum absolute atomic E-state index is 11.9. The molecule has 0 saturated carbocycles. The van der Waals surface area contributed by atoms with Crippen LogP contribution in [0.15, 0.2) is 0 Å². The lowest BCUT2D eigenvalue weighted by molar-refractivity contribution is -0.122. The molecule has 0 aliphatic rings. The third-order valence-corrected chi connectivity index (χ3v) is 5.65. The van der Waals surface area contributed by atoms with Gasteiger partial charge in [-0.25, -0.2) is 4.79 Å². The zero-order valence-corrected chi connectivity index (χ0v) is 27.8. The Kier molecular flexibility index (Phi) is 29.5. The van der Waals surface area contributed by atoms with Gasteiger partial charge in [0, 0.05) is 58.9 Å². The molecule has 3 amide bonds. The monoisotopic (exact) mass is 635 g/mol. The molecule has 0 bridgehead atoms. The first-order chi connectivity index (χ1) is 21.2. The molecule has 0 heterocycles. The molecule has 0 rings (SSSR count). The van der Waals surface area contributed by atoms with Crippen molar-refractivity contribution in [3.8, 4) is 0 Å². The second-order valence-electron chi connectivity index (χ2n) is 11.1. The summed E-state index contributed by atoms with van der Waals surface area (Å²) >= 11 is 0. The van der Waals surface area contributed by atoms with Gasteiger partial charge in [0.25, 0.3) is 0 Å². The summed E-state index contributed by atoms with van der Waals surface area (Å²) in [5.41, 5.74) is -0.502. The van der Waals surface area contributed by atoms with Crippen LogP contribution in [0.3, 0.4) is 0 Å². The molecule has 3 N–H and O–H groups in total. The molecule has 0 spiro atoms. The molecule has 0 aliphatic heterocycles. The summed E-state index contributed by atoms with van der Waals surface area (Å²) in [5, 5.41) is 8.38. The van der Waals surface area contributed by atoms with Crippen LogP contribution in [0.2, 0.25) is 0 Å². The molecule has 13 heteroatoms. The Morgan fingerprint density at radius 1 is 0.477 bits per heavy atom. The summed E-state index contributed by atoms with van der Waals surface area (Å²) in [6, 6.07) is 0. The van der Waals surface area contributed by atoms with E-state index in [1.807, 2.05) is 20.8 Å². The maximum atomic E-state index is 11.9. The predicted octanol–water partition coefficient (Wildman–Crippen LogP) is 2.98. The van der Waals surface area contributed by atoms with Crippen LogP contribution in [0.25, 0.3) is 0 Å². The average Bonchev–Trinajstić information content (AvgIpc) is 2.96. The van der Waals surface area contributed by atoms with E-state index in [1.54, 1.807) is 0 Å². The van der Waals surface area contributed by atoms with Crippen LogP contribution < -0.4 is 16.0 Å². The van der Waals surface area contributed by atoms with Gasteiger partial charge in [0.15, 0.2) is 0 Å². The molecule has 0 aromatic heterocycles. The Hall–Kier alpha value is -2.03. The minimum Gasteiger partial charge on any atom is -0.444 e. The Morgan fingerprint density at radius 2 is 0.818 bits per heavy atom. The largest absolute Gasteiger partial charge is 0.444 e. The van der Waals surface area contributed by atoms with Crippen LogP contribution in [0.5, 0.6) is 0 Å². The Balaban J connectivity index is 3.32. The Morgan fingerprint density at radius 3 is 1.18 bits per heavy atom. The lowest BCUT2D eigenvalue weighted by Gasteiger charge is -2.19. The van der Waals surface area contributed by atoms with Crippen molar-refractivity contribution in [3.05, 3.63) is 0 Å². The van der Waals surface area contributed by atoms with Gasteiger partial charge in [-0.1, -0.05) is 13.3 Å². The molecule has 0 aromatic rings. The number of hydrogen-bond acceptors (Lipinski definition) is 10. The number of unbranched alkanes of at least 4 members (excludes halogenated alkanes) is 1. The van der Waals surface area contributed by atoms with Gasteiger partial charge in [-0.15, -0.1) is 0 Å². The highest BCUT2D eigenvalue weighted by molar-refractivity contribution is 5.78. The highest BCUT2D eigenvalue weighted by Crippen LogP contribution is 2.06. The van der Waals surface area contributed by atoms with E-state index in [2.05, 4.69) is 22.9 Å². The number of alkyl carbamates (subject to hydrolysis) is 1. The van der Waals surface area contributed by atoms with Crippen LogP contribution in [0.1, 0.15) is 79.1 Å². The van der Waals surface area contributed by atoms with Gasteiger partial charge in [0.1, 0.15) is 5.60 Å². The van der Waals surface area contributed by atoms with Crippen LogP contribution >= 0.6 is 0 Å². The van der Waals surface area contributed by atoms with Gasteiger partial charge in [0.2, 0.25) is 11.8 Å². The van der Waals surface area contributed by atoms with Crippen molar-refractivity contribution in [1.82, 2.24) is 16.0 Å². The van der Waals surface area contributed by atoms with Gasteiger partial charge in [-0.05, 0) is 52.9 Å². The van der Waals surface area contributed by atoms with E-state index < -0.39 is 11.7 Å². The van der Waals surface area contributed by atoms with Gasteiger partial charge in [-0.2, -0.15) is 0 Å². The van der Waals surface area contributed by atoms with Gasteiger partial charge < -0.3 is 49.1 Å². The minimum absolute atomic E-state index is 0.0565. The van der Waals surface area contributed by atoms with Crippen molar-refractivity contribution >= 4 is 17.9 Å². The topological polar surface area (TPSA) is 152 Å². The molecule has 0 atom stereocenters. The van der Waals surface area contributed by atoms with Crippen molar-refractivity contribution in [3.63, 3.8) is 0 Å². The smallest absolute Gasteiger partial charge is 0.407 e. The lowest BCUT2D eigenvalue weighted by Crippen LogP contribution is -2.33. The third kappa shape index (κ3) is 34.5. The van der Waals surface area contributed by atoms with Crippen molar-refractivity contribution in [2.75, 3.05) is 98.9 Å². The summed E-state index contributed by atoms with van der Waals surface area (Å²) in [6.45, 7) is 15.7. The minimum atomic E-state index is -0.502. The zero-order chi connectivity index (χ0) is 32.6. The summed E-state index contributed by atoms with van der Waals surface area (Å²) < 4.78 is 37.9. The molecule has 13 nitrogen and oxygen atoms in total. The average molecular weight is 636 g/mol. The molecule has 44 heavy (non-hydrogen) atoms. The summed E-state index contributed by atoms with van der Waals surface area (Å²) in [5.74, 6) is -0.121. The van der Waals surface area contributed by atoms with Crippen molar-refractivity contribution in [2.24, 2.45) is 0 Å². The van der Waals surface area contributed by atoms with E-state index in [4.69, 9.17) is 33.2 Å². The van der Waals surface area contributed by atoms with Crippen LogP contribution in [0.4, 0.5) is 4.79 Å². The lowest BCUT2D eigenvalue weighted by atomic mass is 10.2. The van der Waals surface area contributed by atoms with Crippen molar-refractivity contribution in [2.45, 2.75) is 84.7 Å². The van der Waals surface area contributed by atoms with E-state index in [1.165, 1.54) is 0 Å². The summed E-state index contributed by atoms with van der Waals surface area (Å²) in [6.07, 6.45) is 5.05. The third-order valence-electron chi connectivity index (χ3n) is 5.65. The molecular weight excluding hydrogens is 574 g/mol. The second-order valence-corrected chi connectivity index (χ2v) is 11.1. The normalized spacial score (nSPS) is 11.4. The quantitative estimate of drug-likeness (QED) is 0.0970. The first-order valence-corrected chi connectivity index (χ1v) is 16.2. The second kappa shape index (κ2) is 31.0. The SMILES string of the molecule is CCCCOCCOCCOCCCNC(=O)CCCC(=O)NCCCOCCOCCOCCCNC(=O)OC(C)(C)C. The summed E-state index contributed by atoms with van der Waals surface area (Å²) in [4.78, 5) is 35.4. The zero-order valence-electron chi connectivity index (χ0n) is 27.8. The highest BCUT2D eigenvalue weighted by Gasteiger charge is 2.15. The molecule has 0 fully saturated rings. The predicted molar refractivity (Wildman–Crippen MR) is 168 cm³/mol. The van der Waals surface area contributed by atoms with E-state index in [0.717, 1.165) is 25.9 Å². The number of carbonyl (C=O) groups excluding carboxylic acids is 3. The number of amides is 3. The standard InChI is InChI=1S/C31H61N3O10/c1-5-6-16-38-20-24-42-25-21-39-17-8-13-32-28(35)11-7-12-29(36)33-14-9-18-40-22-26-43-27-23-41-19-10-15-34-30(37)44-31(2,3)4/h5-27H2,1-4H3,(H,32,35)(H,33,36)(H,34,37). The molecular formula is C31H61N3O10. The molecule has 260 valence electrons. The molecule has 0 aliphatic carbocycles. The fourth-order valence-electron chi connectivity index (χ4n) is 3.40. The van der Waals surface area contributed by atoms with E-state index in [-0.39, 0.29) is 11.8 Å². The fraction of sp³-hybridized carbons (Fsp3) is 0.903. The number of ether oxygens (including phenoxy) is 7. The highest BCUT2D eigenvalue weighted by atomic mass is 16.6. The van der Waals surface area contributed by atoms with Crippen molar-refractivity contribution in [1.29, 1.82) is 0 Å². The van der Waals surface area contributed by atoms with Crippen LogP contribution in [-0.2, 0) is 42.7 Å². The number of nitrogens with one attached hydrogen (secondary N) is 3. The van der Waals surface area contributed by atoms with Gasteiger partial charge >= 0.3 is 6.09 Å². The van der Waals surface area contributed by atoms with E-state index >= 15 is 0 Å². The number of carbonyl (C=O) groups is 3.